The molecule has 0 saturated carbocycles. The van der Waals surface area contributed by atoms with Gasteiger partial charge in [0.15, 0.2) is 6.04 Å². The molecule has 2 rings (SSSR count). The zero-order chi connectivity index (χ0) is 18.2. The molecule has 0 aliphatic rings. The summed E-state index contributed by atoms with van der Waals surface area (Å²) in [4.78, 5) is 13.5. The highest BCUT2D eigenvalue weighted by molar-refractivity contribution is 5.79. The second kappa shape index (κ2) is 9.08. The van der Waals surface area contributed by atoms with Crippen LogP contribution in [0.1, 0.15) is 18.1 Å². The van der Waals surface area contributed by atoms with Crippen LogP contribution in [0.15, 0.2) is 48.5 Å². The average molecular weight is 343 g/mol. The zero-order valence-electron chi connectivity index (χ0n) is 15.3. The third-order valence-electron chi connectivity index (χ3n) is 4.38. The Bertz CT molecular complexity index is 686. The Balaban J connectivity index is 1.87. The van der Waals surface area contributed by atoms with Crippen LogP contribution in [-0.4, -0.2) is 33.2 Å². The Hall–Kier alpha value is -2.53. The van der Waals surface area contributed by atoms with Crippen molar-refractivity contribution < 1.29 is 19.2 Å². The number of methoxy groups -OCH3 is 2. The molecule has 0 heterocycles. The van der Waals surface area contributed by atoms with Crippen molar-refractivity contribution in [3.8, 4) is 11.5 Å². The molecule has 134 valence electrons. The normalized spacial score (nSPS) is 13.0. The Morgan fingerprint density at radius 1 is 1.04 bits per heavy atom. The standard InChI is InChI=1S/C20H26N2O3/c1-15(22(2)14-17-6-5-7-19(12-17)25-4)20(23)21-13-16-8-10-18(24-3)11-9-16/h5-12,15H,13-14H2,1-4H3,(H,21,23)/p+1/t15-/m0/s1. The number of hydrogen-bond acceptors (Lipinski definition) is 3. The minimum absolute atomic E-state index is 0.0382. The summed E-state index contributed by atoms with van der Waals surface area (Å²) in [7, 11) is 5.32. The lowest BCUT2D eigenvalue weighted by Crippen LogP contribution is -3.12. The first-order chi connectivity index (χ1) is 12.0. The van der Waals surface area contributed by atoms with E-state index in [-0.39, 0.29) is 11.9 Å². The number of hydrogen-bond donors (Lipinski definition) is 2. The summed E-state index contributed by atoms with van der Waals surface area (Å²) in [6.07, 6.45) is 0. The lowest BCUT2D eigenvalue weighted by molar-refractivity contribution is -0.908. The maximum absolute atomic E-state index is 12.4. The third kappa shape index (κ3) is 5.50. The minimum Gasteiger partial charge on any atom is -0.497 e. The molecule has 1 amide bonds. The van der Waals surface area contributed by atoms with E-state index in [1.54, 1.807) is 14.2 Å². The fourth-order valence-electron chi connectivity index (χ4n) is 2.57. The molecule has 2 aromatic rings. The number of ether oxygens (including phenoxy) is 2. The van der Waals surface area contributed by atoms with Crippen LogP contribution in [-0.2, 0) is 17.9 Å². The molecule has 0 aromatic heterocycles. The molecule has 0 radical (unpaired) electrons. The lowest BCUT2D eigenvalue weighted by Gasteiger charge is -2.21. The van der Waals surface area contributed by atoms with E-state index in [1.165, 1.54) is 0 Å². The SMILES string of the molecule is COc1ccc(CNC(=O)[C@H](C)[NH+](C)Cc2cccc(OC)c2)cc1. The summed E-state index contributed by atoms with van der Waals surface area (Å²) in [6.45, 7) is 3.22. The largest absolute Gasteiger partial charge is 0.497 e. The summed E-state index contributed by atoms with van der Waals surface area (Å²) in [6, 6.07) is 15.5. The van der Waals surface area contributed by atoms with Crippen LogP contribution < -0.4 is 19.7 Å². The molecule has 0 aliphatic carbocycles. The molecule has 2 atom stereocenters. The van der Waals surface area contributed by atoms with Crippen molar-refractivity contribution >= 4 is 5.91 Å². The summed E-state index contributed by atoms with van der Waals surface area (Å²) >= 11 is 0. The molecule has 0 spiro atoms. The Kier molecular flexibility index (Phi) is 6.83. The van der Waals surface area contributed by atoms with E-state index in [2.05, 4.69) is 5.32 Å². The molecule has 5 nitrogen and oxygen atoms in total. The van der Waals surface area contributed by atoms with Crippen molar-refractivity contribution in [3.05, 3.63) is 59.7 Å². The van der Waals surface area contributed by atoms with Gasteiger partial charge in [-0.25, -0.2) is 0 Å². The zero-order valence-corrected chi connectivity index (χ0v) is 15.3. The molecule has 0 fully saturated rings. The van der Waals surface area contributed by atoms with Crippen molar-refractivity contribution in [2.45, 2.75) is 26.1 Å². The van der Waals surface area contributed by atoms with Gasteiger partial charge in [0.1, 0.15) is 18.0 Å². The minimum atomic E-state index is -0.149. The number of likely N-dealkylation sites (N-methyl/N-ethyl adjacent to an activating group) is 1. The molecule has 0 saturated heterocycles. The van der Waals surface area contributed by atoms with Gasteiger partial charge >= 0.3 is 0 Å². The highest BCUT2D eigenvalue weighted by Crippen LogP contribution is 2.12. The van der Waals surface area contributed by atoms with Gasteiger partial charge in [-0.15, -0.1) is 0 Å². The molecule has 2 aromatic carbocycles. The number of carbonyl (C=O) groups is 1. The van der Waals surface area contributed by atoms with Gasteiger partial charge in [0.05, 0.1) is 21.3 Å². The van der Waals surface area contributed by atoms with E-state index in [4.69, 9.17) is 9.47 Å². The summed E-state index contributed by atoms with van der Waals surface area (Å²) in [5.74, 6) is 1.68. The molecule has 5 heteroatoms. The lowest BCUT2D eigenvalue weighted by atomic mass is 10.1. The van der Waals surface area contributed by atoms with Gasteiger partial charge in [0, 0.05) is 12.1 Å². The van der Waals surface area contributed by atoms with Crippen LogP contribution in [0.5, 0.6) is 11.5 Å². The van der Waals surface area contributed by atoms with Crippen LogP contribution in [0.25, 0.3) is 0 Å². The number of nitrogens with one attached hydrogen (secondary N) is 2. The van der Waals surface area contributed by atoms with Crippen molar-refractivity contribution in [2.75, 3.05) is 21.3 Å². The van der Waals surface area contributed by atoms with Crippen LogP contribution in [0, 0.1) is 0 Å². The highest BCUT2D eigenvalue weighted by Gasteiger charge is 2.21. The van der Waals surface area contributed by atoms with Gasteiger partial charge in [-0.1, -0.05) is 24.3 Å². The van der Waals surface area contributed by atoms with Gasteiger partial charge in [0.2, 0.25) is 0 Å². The molecule has 2 N–H and O–H groups in total. The predicted octanol–water partition coefficient (Wildman–Crippen LogP) is 1.42. The number of rotatable bonds is 8. The first-order valence-electron chi connectivity index (χ1n) is 8.39. The molecule has 0 bridgehead atoms. The van der Waals surface area contributed by atoms with Crippen molar-refractivity contribution in [1.29, 1.82) is 0 Å². The average Bonchev–Trinajstić information content (AvgIpc) is 2.65. The monoisotopic (exact) mass is 343 g/mol. The van der Waals surface area contributed by atoms with Crippen LogP contribution in [0.2, 0.25) is 0 Å². The van der Waals surface area contributed by atoms with Crippen molar-refractivity contribution in [1.82, 2.24) is 5.32 Å². The van der Waals surface area contributed by atoms with Gasteiger partial charge in [-0.2, -0.15) is 0 Å². The summed E-state index contributed by atoms with van der Waals surface area (Å²) < 4.78 is 10.4. The number of amides is 1. The van der Waals surface area contributed by atoms with E-state index in [0.29, 0.717) is 6.54 Å². The topological polar surface area (TPSA) is 52.0 Å². The van der Waals surface area contributed by atoms with Crippen LogP contribution >= 0.6 is 0 Å². The van der Waals surface area contributed by atoms with Crippen molar-refractivity contribution in [2.24, 2.45) is 0 Å². The number of carbonyl (C=O) groups excluding carboxylic acids is 1. The fraction of sp³-hybridized carbons (Fsp3) is 0.350. The van der Waals surface area contributed by atoms with E-state index < -0.39 is 0 Å². The van der Waals surface area contributed by atoms with Gasteiger partial charge in [-0.3, -0.25) is 4.79 Å². The second-order valence-electron chi connectivity index (χ2n) is 6.16. The number of quaternary nitrogens is 1. The Morgan fingerprint density at radius 2 is 1.72 bits per heavy atom. The number of benzene rings is 2. The van der Waals surface area contributed by atoms with Crippen LogP contribution in [0.3, 0.4) is 0 Å². The van der Waals surface area contributed by atoms with E-state index >= 15 is 0 Å². The first kappa shape index (κ1) is 18.8. The molecular weight excluding hydrogens is 316 g/mol. The summed E-state index contributed by atoms with van der Waals surface area (Å²) in [5.41, 5.74) is 2.19. The molecule has 25 heavy (non-hydrogen) atoms. The van der Waals surface area contributed by atoms with E-state index in [9.17, 15) is 4.79 Å². The fourth-order valence-corrected chi connectivity index (χ4v) is 2.57. The maximum Gasteiger partial charge on any atom is 0.278 e. The molecule has 1 unspecified atom stereocenters. The summed E-state index contributed by atoms with van der Waals surface area (Å²) in [5, 5.41) is 3.00. The predicted molar refractivity (Wildman–Crippen MR) is 97.9 cm³/mol. The Morgan fingerprint density at radius 3 is 2.36 bits per heavy atom. The van der Waals surface area contributed by atoms with Gasteiger partial charge < -0.3 is 19.7 Å². The quantitative estimate of drug-likeness (QED) is 0.762. The second-order valence-corrected chi connectivity index (χ2v) is 6.16. The maximum atomic E-state index is 12.4. The molecule has 0 aliphatic heterocycles. The highest BCUT2D eigenvalue weighted by atomic mass is 16.5. The van der Waals surface area contributed by atoms with Gasteiger partial charge in [0.25, 0.3) is 5.91 Å². The first-order valence-corrected chi connectivity index (χ1v) is 8.39. The van der Waals surface area contributed by atoms with Crippen molar-refractivity contribution in [3.63, 3.8) is 0 Å². The third-order valence-corrected chi connectivity index (χ3v) is 4.38. The molecular formula is C20H27N2O3+. The van der Waals surface area contributed by atoms with Crippen LogP contribution in [0.4, 0.5) is 0 Å². The smallest absolute Gasteiger partial charge is 0.278 e. The van der Waals surface area contributed by atoms with E-state index in [1.807, 2.05) is 62.5 Å². The van der Waals surface area contributed by atoms with Gasteiger partial charge in [-0.05, 0) is 36.8 Å². The van der Waals surface area contributed by atoms with E-state index in [0.717, 1.165) is 34.1 Å². The Labute approximate surface area is 149 Å².